The summed E-state index contributed by atoms with van der Waals surface area (Å²) < 4.78 is 0. The molecule has 0 aromatic heterocycles. The summed E-state index contributed by atoms with van der Waals surface area (Å²) in [7, 11) is 0. The zero-order valence-electron chi connectivity index (χ0n) is 9.14. The summed E-state index contributed by atoms with van der Waals surface area (Å²) in [4.78, 5) is 24.8. The molecule has 0 saturated carbocycles. The molecule has 0 saturated heterocycles. The highest BCUT2D eigenvalue weighted by molar-refractivity contribution is 6.28. The smallest absolute Gasteiger partial charge is 0.190 e. The number of hydrogen-bond donors (Lipinski definition) is 0. The van der Waals surface area contributed by atoms with Gasteiger partial charge in [-0.25, -0.2) is 0 Å². The lowest BCUT2D eigenvalue weighted by molar-refractivity contribution is 0.0969. The van der Waals surface area contributed by atoms with Gasteiger partial charge in [-0.05, 0) is 6.42 Å². The highest BCUT2D eigenvalue weighted by Gasteiger charge is 2.45. The Hall–Kier alpha value is -1.96. The van der Waals surface area contributed by atoms with Gasteiger partial charge in [-0.2, -0.15) is 0 Å². The van der Waals surface area contributed by atoms with Crippen LogP contribution in [0.2, 0.25) is 0 Å². The van der Waals surface area contributed by atoms with Gasteiger partial charge in [-0.1, -0.05) is 36.4 Å². The van der Waals surface area contributed by atoms with Gasteiger partial charge >= 0.3 is 0 Å². The molecule has 3 aliphatic carbocycles. The highest BCUT2D eigenvalue weighted by Crippen LogP contribution is 2.48. The van der Waals surface area contributed by atoms with Crippen LogP contribution in [0, 0.1) is 11.8 Å². The summed E-state index contributed by atoms with van der Waals surface area (Å²) in [6, 6.07) is 7.15. The van der Waals surface area contributed by atoms with Crippen molar-refractivity contribution >= 4 is 11.6 Å². The summed E-state index contributed by atoms with van der Waals surface area (Å²) in [6.45, 7) is 0. The number of Topliss-reactive ketones (excluding diaryl/α,β-unsaturated/α-hetero) is 2. The Morgan fingerprint density at radius 2 is 1.29 bits per heavy atom. The molecule has 17 heavy (non-hydrogen) atoms. The summed E-state index contributed by atoms with van der Waals surface area (Å²) >= 11 is 0. The second kappa shape index (κ2) is 2.83. The third-order valence-electron chi connectivity index (χ3n) is 4.02. The Morgan fingerprint density at radius 3 is 1.76 bits per heavy atom. The molecule has 0 radical (unpaired) electrons. The first-order valence-electron chi connectivity index (χ1n) is 5.88. The Bertz CT molecular complexity index is 581. The van der Waals surface area contributed by atoms with Crippen molar-refractivity contribution in [3.05, 3.63) is 58.7 Å². The highest BCUT2D eigenvalue weighted by atomic mass is 16.1. The van der Waals surface area contributed by atoms with Gasteiger partial charge < -0.3 is 0 Å². The fourth-order valence-electron chi connectivity index (χ4n) is 3.28. The third kappa shape index (κ3) is 0.960. The molecule has 2 nitrogen and oxygen atoms in total. The van der Waals surface area contributed by atoms with E-state index in [0.717, 1.165) is 17.6 Å². The van der Waals surface area contributed by atoms with Gasteiger partial charge in [0, 0.05) is 34.1 Å². The molecule has 0 fully saturated rings. The summed E-state index contributed by atoms with van der Waals surface area (Å²) in [5, 5.41) is 0. The first-order chi connectivity index (χ1) is 8.27. The quantitative estimate of drug-likeness (QED) is 0.632. The molecule has 2 heteroatoms. The van der Waals surface area contributed by atoms with Crippen molar-refractivity contribution in [2.24, 2.45) is 11.8 Å². The number of benzene rings is 1. The van der Waals surface area contributed by atoms with Crippen molar-refractivity contribution in [2.75, 3.05) is 0 Å². The van der Waals surface area contributed by atoms with Crippen LogP contribution in [0.4, 0.5) is 0 Å². The third-order valence-corrected chi connectivity index (χ3v) is 4.02. The maximum atomic E-state index is 12.4. The zero-order chi connectivity index (χ0) is 11.6. The molecule has 3 aliphatic rings. The van der Waals surface area contributed by atoms with E-state index in [1.807, 2.05) is 12.1 Å². The van der Waals surface area contributed by atoms with Crippen molar-refractivity contribution in [1.82, 2.24) is 0 Å². The van der Waals surface area contributed by atoms with E-state index in [1.54, 1.807) is 12.1 Å². The minimum Gasteiger partial charge on any atom is -0.289 e. The standard InChI is InChI=1S/C15H10O2/c16-14-10-3-1-2-4-11(10)15(17)13-9-6-5-8(7-9)12(13)14/h1-6,8-9H,7H2/t8-,9-/m0/s1. The summed E-state index contributed by atoms with van der Waals surface area (Å²) in [6.07, 6.45) is 5.06. The molecule has 4 rings (SSSR count). The largest absolute Gasteiger partial charge is 0.289 e. The van der Waals surface area contributed by atoms with Gasteiger partial charge in [0.25, 0.3) is 0 Å². The molecule has 0 spiro atoms. The fraction of sp³-hybridized carbons (Fsp3) is 0.200. The Labute approximate surface area is 98.6 Å². The number of allylic oxidation sites excluding steroid dienone is 4. The van der Waals surface area contributed by atoms with E-state index in [-0.39, 0.29) is 23.4 Å². The number of ketones is 2. The molecule has 2 atom stereocenters. The number of carbonyl (C=O) groups excluding carboxylic acids is 2. The van der Waals surface area contributed by atoms with E-state index in [9.17, 15) is 9.59 Å². The van der Waals surface area contributed by atoms with Crippen LogP contribution in [-0.2, 0) is 0 Å². The SMILES string of the molecule is O=C1C2=C(C(=O)c3ccccc31)[C@H]1C=C[C@H]2C1. The monoisotopic (exact) mass is 222 g/mol. The summed E-state index contributed by atoms with van der Waals surface area (Å²) in [5.74, 6) is 0.485. The molecular formula is C15H10O2. The molecule has 0 amide bonds. The van der Waals surface area contributed by atoms with Crippen molar-refractivity contribution in [3.8, 4) is 0 Å². The van der Waals surface area contributed by atoms with Crippen molar-refractivity contribution < 1.29 is 9.59 Å². The van der Waals surface area contributed by atoms with Crippen LogP contribution >= 0.6 is 0 Å². The van der Waals surface area contributed by atoms with Crippen molar-refractivity contribution in [1.29, 1.82) is 0 Å². The van der Waals surface area contributed by atoms with Gasteiger partial charge in [0.1, 0.15) is 0 Å². The van der Waals surface area contributed by atoms with E-state index in [2.05, 4.69) is 12.2 Å². The zero-order valence-corrected chi connectivity index (χ0v) is 9.14. The average molecular weight is 222 g/mol. The lowest BCUT2D eigenvalue weighted by atomic mass is 9.80. The van der Waals surface area contributed by atoms with Gasteiger partial charge in [-0.15, -0.1) is 0 Å². The normalized spacial score (nSPS) is 28.7. The number of fused-ring (bicyclic) bond motifs is 5. The topological polar surface area (TPSA) is 34.1 Å². The van der Waals surface area contributed by atoms with E-state index < -0.39 is 0 Å². The fourth-order valence-corrected chi connectivity index (χ4v) is 3.28. The Kier molecular flexibility index (Phi) is 1.52. The predicted octanol–water partition coefficient (Wildman–Crippen LogP) is 2.57. The van der Waals surface area contributed by atoms with E-state index in [1.165, 1.54) is 0 Å². The van der Waals surface area contributed by atoms with Crippen LogP contribution in [0.25, 0.3) is 0 Å². The molecule has 2 bridgehead atoms. The van der Waals surface area contributed by atoms with Gasteiger partial charge in [0.15, 0.2) is 11.6 Å². The first kappa shape index (κ1) is 9.11. The van der Waals surface area contributed by atoms with Crippen LogP contribution in [-0.4, -0.2) is 11.6 Å². The van der Waals surface area contributed by atoms with Crippen molar-refractivity contribution in [3.63, 3.8) is 0 Å². The number of carbonyl (C=O) groups is 2. The van der Waals surface area contributed by atoms with Crippen LogP contribution in [0.3, 0.4) is 0 Å². The molecule has 0 heterocycles. The van der Waals surface area contributed by atoms with Crippen LogP contribution in [0.15, 0.2) is 47.6 Å². The summed E-state index contributed by atoms with van der Waals surface area (Å²) in [5.41, 5.74) is 2.69. The van der Waals surface area contributed by atoms with Crippen LogP contribution in [0.5, 0.6) is 0 Å². The lowest BCUT2D eigenvalue weighted by Gasteiger charge is -2.21. The van der Waals surface area contributed by atoms with Crippen molar-refractivity contribution in [2.45, 2.75) is 6.42 Å². The van der Waals surface area contributed by atoms with E-state index in [0.29, 0.717) is 11.1 Å². The molecule has 0 aliphatic heterocycles. The van der Waals surface area contributed by atoms with E-state index >= 15 is 0 Å². The van der Waals surface area contributed by atoms with Crippen LogP contribution < -0.4 is 0 Å². The molecule has 0 unspecified atom stereocenters. The minimum absolute atomic E-state index is 0.0621. The minimum atomic E-state index is 0.0621. The molecular weight excluding hydrogens is 212 g/mol. The van der Waals surface area contributed by atoms with Gasteiger partial charge in [-0.3, -0.25) is 9.59 Å². The molecule has 82 valence electrons. The number of rotatable bonds is 0. The van der Waals surface area contributed by atoms with Gasteiger partial charge in [0.2, 0.25) is 0 Å². The first-order valence-corrected chi connectivity index (χ1v) is 5.88. The molecule has 1 aromatic carbocycles. The second-order valence-electron chi connectivity index (χ2n) is 4.86. The number of hydrogen-bond acceptors (Lipinski definition) is 2. The average Bonchev–Trinajstić information content (AvgIpc) is 2.96. The van der Waals surface area contributed by atoms with Crippen LogP contribution in [0.1, 0.15) is 27.1 Å². The maximum Gasteiger partial charge on any atom is 0.190 e. The molecule has 1 aromatic rings. The maximum absolute atomic E-state index is 12.4. The molecule has 0 N–H and O–H groups in total. The Balaban J connectivity index is 2.00. The second-order valence-corrected chi connectivity index (χ2v) is 4.86. The predicted molar refractivity (Wildman–Crippen MR) is 62.9 cm³/mol. The Morgan fingerprint density at radius 1 is 0.824 bits per heavy atom. The van der Waals surface area contributed by atoms with E-state index in [4.69, 9.17) is 0 Å². The lowest BCUT2D eigenvalue weighted by Crippen LogP contribution is -2.24. The van der Waals surface area contributed by atoms with Gasteiger partial charge in [0.05, 0.1) is 0 Å².